The lowest BCUT2D eigenvalue weighted by Gasteiger charge is -2.17. The Labute approximate surface area is 112 Å². The molecule has 0 saturated carbocycles. The lowest BCUT2D eigenvalue weighted by Crippen LogP contribution is -2.20. The number of hydrogen-bond acceptors (Lipinski definition) is 2. The molecule has 0 fully saturated rings. The van der Waals surface area contributed by atoms with Crippen LogP contribution in [0.4, 0.5) is 13.2 Å². The summed E-state index contributed by atoms with van der Waals surface area (Å²) in [5, 5.41) is 0. The van der Waals surface area contributed by atoms with Crippen LogP contribution in [0, 0.1) is 0 Å². The zero-order valence-electron chi connectivity index (χ0n) is 8.92. The molecule has 1 rings (SSSR count). The van der Waals surface area contributed by atoms with Gasteiger partial charge in [-0.1, -0.05) is 22.9 Å². The van der Waals surface area contributed by atoms with E-state index in [-0.39, 0.29) is 18.2 Å². The van der Waals surface area contributed by atoms with Gasteiger partial charge in [0.05, 0.1) is 0 Å². The minimum Gasteiger partial charge on any atom is -0.405 e. The van der Waals surface area contributed by atoms with E-state index < -0.39 is 12.4 Å². The fraction of sp³-hybridized carbons (Fsp3) is 0.400. The van der Waals surface area contributed by atoms with E-state index in [4.69, 9.17) is 5.73 Å². The SMILES string of the molecule is CC[C@@H](N)c1cc(Br)ccc1OC(F)(F)F.Cl. The number of halogens is 5. The summed E-state index contributed by atoms with van der Waals surface area (Å²) in [5.74, 6) is -0.245. The van der Waals surface area contributed by atoms with Crippen molar-refractivity contribution < 1.29 is 17.9 Å². The summed E-state index contributed by atoms with van der Waals surface area (Å²) in [6.07, 6.45) is -4.17. The molecule has 0 amide bonds. The molecular weight excluding hydrogens is 322 g/mol. The smallest absolute Gasteiger partial charge is 0.405 e. The second-order valence-electron chi connectivity index (χ2n) is 3.24. The molecule has 7 heteroatoms. The summed E-state index contributed by atoms with van der Waals surface area (Å²) in [7, 11) is 0. The number of nitrogens with two attached hydrogens (primary N) is 1. The average molecular weight is 335 g/mol. The largest absolute Gasteiger partial charge is 0.573 e. The van der Waals surface area contributed by atoms with Gasteiger partial charge in [-0.2, -0.15) is 0 Å². The van der Waals surface area contributed by atoms with Crippen LogP contribution in [0.25, 0.3) is 0 Å². The van der Waals surface area contributed by atoms with Gasteiger partial charge in [0, 0.05) is 16.1 Å². The highest BCUT2D eigenvalue weighted by atomic mass is 79.9. The molecular formula is C10H12BrClF3NO. The zero-order chi connectivity index (χ0) is 12.3. The van der Waals surface area contributed by atoms with E-state index >= 15 is 0 Å². The van der Waals surface area contributed by atoms with Gasteiger partial charge in [-0.25, -0.2) is 0 Å². The van der Waals surface area contributed by atoms with E-state index in [1.54, 1.807) is 6.92 Å². The van der Waals surface area contributed by atoms with Crippen molar-refractivity contribution in [2.24, 2.45) is 5.73 Å². The van der Waals surface area contributed by atoms with Crippen LogP contribution in [0.5, 0.6) is 5.75 Å². The molecule has 1 atom stereocenters. The Hall–Kier alpha value is -0.460. The molecule has 98 valence electrons. The molecule has 0 aromatic heterocycles. The molecule has 0 spiro atoms. The quantitative estimate of drug-likeness (QED) is 0.900. The molecule has 0 bridgehead atoms. The van der Waals surface area contributed by atoms with Crippen LogP contribution >= 0.6 is 28.3 Å². The van der Waals surface area contributed by atoms with Crippen LogP contribution in [0.3, 0.4) is 0 Å². The minimum absolute atomic E-state index is 0. The van der Waals surface area contributed by atoms with Crippen molar-refractivity contribution in [1.82, 2.24) is 0 Å². The van der Waals surface area contributed by atoms with Gasteiger partial charge >= 0.3 is 6.36 Å². The molecule has 0 aliphatic heterocycles. The third-order valence-electron chi connectivity index (χ3n) is 2.04. The topological polar surface area (TPSA) is 35.2 Å². The predicted octanol–water partition coefficient (Wildman–Crippen LogP) is 4.18. The van der Waals surface area contributed by atoms with E-state index in [2.05, 4.69) is 20.7 Å². The van der Waals surface area contributed by atoms with Gasteiger partial charge in [0.1, 0.15) is 5.75 Å². The van der Waals surface area contributed by atoms with Crippen molar-refractivity contribution in [3.05, 3.63) is 28.2 Å². The summed E-state index contributed by atoms with van der Waals surface area (Å²) < 4.78 is 40.9. The first-order valence-electron chi connectivity index (χ1n) is 4.64. The maximum absolute atomic E-state index is 12.1. The van der Waals surface area contributed by atoms with E-state index in [1.165, 1.54) is 18.2 Å². The van der Waals surface area contributed by atoms with Crippen molar-refractivity contribution >= 4 is 28.3 Å². The fourth-order valence-electron chi connectivity index (χ4n) is 1.25. The summed E-state index contributed by atoms with van der Waals surface area (Å²) in [5.41, 5.74) is 6.06. The number of hydrogen-bond donors (Lipinski definition) is 1. The highest BCUT2D eigenvalue weighted by molar-refractivity contribution is 9.10. The second-order valence-corrected chi connectivity index (χ2v) is 4.16. The molecule has 0 aliphatic carbocycles. The Morgan fingerprint density at radius 3 is 2.47 bits per heavy atom. The molecule has 1 aromatic carbocycles. The number of alkyl halides is 3. The Balaban J connectivity index is 0.00000256. The molecule has 2 N–H and O–H groups in total. The van der Waals surface area contributed by atoms with Crippen LogP contribution < -0.4 is 10.5 Å². The lowest BCUT2D eigenvalue weighted by molar-refractivity contribution is -0.275. The van der Waals surface area contributed by atoms with Crippen LogP contribution in [0.2, 0.25) is 0 Å². The normalized spacial score (nSPS) is 12.8. The number of rotatable bonds is 3. The average Bonchev–Trinajstić information content (AvgIpc) is 2.17. The van der Waals surface area contributed by atoms with Crippen molar-refractivity contribution in [3.8, 4) is 5.75 Å². The molecule has 0 saturated heterocycles. The van der Waals surface area contributed by atoms with Crippen molar-refractivity contribution in [3.63, 3.8) is 0 Å². The highest BCUT2D eigenvalue weighted by Crippen LogP contribution is 2.32. The molecule has 1 aromatic rings. The molecule has 2 nitrogen and oxygen atoms in total. The van der Waals surface area contributed by atoms with Gasteiger partial charge in [-0.15, -0.1) is 25.6 Å². The van der Waals surface area contributed by atoms with Gasteiger partial charge in [0.25, 0.3) is 0 Å². The summed E-state index contributed by atoms with van der Waals surface area (Å²) >= 11 is 3.18. The fourth-order valence-corrected chi connectivity index (χ4v) is 1.63. The third kappa shape index (κ3) is 5.14. The number of ether oxygens (including phenoxy) is 1. The van der Waals surface area contributed by atoms with Crippen LogP contribution in [0.1, 0.15) is 24.9 Å². The van der Waals surface area contributed by atoms with Gasteiger partial charge in [0.15, 0.2) is 0 Å². The van der Waals surface area contributed by atoms with Crippen molar-refractivity contribution in [1.29, 1.82) is 0 Å². The molecule has 0 radical (unpaired) electrons. The standard InChI is InChI=1S/C10H11BrF3NO.ClH/c1-2-8(15)7-5-6(11)3-4-9(7)16-10(12,13)14;/h3-5,8H,2,15H2,1H3;1H/t8-;/m1./s1. The predicted molar refractivity (Wildman–Crippen MR) is 65.3 cm³/mol. The second kappa shape index (κ2) is 6.47. The van der Waals surface area contributed by atoms with E-state index in [0.29, 0.717) is 16.5 Å². The van der Waals surface area contributed by atoms with Crippen molar-refractivity contribution in [2.45, 2.75) is 25.7 Å². The van der Waals surface area contributed by atoms with Crippen LogP contribution in [-0.4, -0.2) is 6.36 Å². The van der Waals surface area contributed by atoms with Crippen LogP contribution in [0.15, 0.2) is 22.7 Å². The van der Waals surface area contributed by atoms with Gasteiger partial charge < -0.3 is 10.5 Å². The molecule has 0 aliphatic rings. The third-order valence-corrected chi connectivity index (χ3v) is 2.53. The van der Waals surface area contributed by atoms with Gasteiger partial charge in [0.2, 0.25) is 0 Å². The Morgan fingerprint density at radius 1 is 1.41 bits per heavy atom. The zero-order valence-corrected chi connectivity index (χ0v) is 11.3. The first kappa shape index (κ1) is 16.5. The first-order chi connectivity index (χ1) is 7.33. The Kier molecular flexibility index (Phi) is 6.29. The van der Waals surface area contributed by atoms with E-state index in [0.717, 1.165) is 0 Å². The maximum atomic E-state index is 12.1. The lowest BCUT2D eigenvalue weighted by atomic mass is 10.0. The minimum atomic E-state index is -4.70. The summed E-state index contributed by atoms with van der Waals surface area (Å²) in [4.78, 5) is 0. The highest BCUT2D eigenvalue weighted by Gasteiger charge is 2.32. The van der Waals surface area contributed by atoms with Crippen LogP contribution in [-0.2, 0) is 0 Å². The molecule has 17 heavy (non-hydrogen) atoms. The van der Waals surface area contributed by atoms with Crippen molar-refractivity contribution in [2.75, 3.05) is 0 Å². The summed E-state index contributed by atoms with van der Waals surface area (Å²) in [6.45, 7) is 1.79. The summed E-state index contributed by atoms with van der Waals surface area (Å²) in [6, 6.07) is 3.79. The molecule has 0 unspecified atom stereocenters. The van der Waals surface area contributed by atoms with E-state index in [1.807, 2.05) is 0 Å². The van der Waals surface area contributed by atoms with Gasteiger partial charge in [-0.3, -0.25) is 0 Å². The van der Waals surface area contributed by atoms with Gasteiger partial charge in [-0.05, 0) is 24.6 Å². The Morgan fingerprint density at radius 2 is 2.00 bits per heavy atom. The monoisotopic (exact) mass is 333 g/mol. The molecule has 0 heterocycles. The van der Waals surface area contributed by atoms with E-state index in [9.17, 15) is 13.2 Å². The first-order valence-corrected chi connectivity index (χ1v) is 5.43. The number of benzene rings is 1. The Bertz CT molecular complexity index is 373. The maximum Gasteiger partial charge on any atom is 0.573 e.